The van der Waals surface area contributed by atoms with Crippen LogP contribution in [0.1, 0.15) is 29.3 Å². The summed E-state index contributed by atoms with van der Waals surface area (Å²) in [5.74, 6) is 0.670. The van der Waals surface area contributed by atoms with Crippen LogP contribution in [0.15, 0.2) is 41.9 Å². The van der Waals surface area contributed by atoms with Crippen LogP contribution in [0.3, 0.4) is 0 Å². The second kappa shape index (κ2) is 12.0. The van der Waals surface area contributed by atoms with Crippen molar-refractivity contribution in [2.24, 2.45) is 4.99 Å². The molecule has 0 aliphatic heterocycles. The van der Waals surface area contributed by atoms with Gasteiger partial charge in [0, 0.05) is 32.2 Å². The van der Waals surface area contributed by atoms with E-state index in [1.54, 1.807) is 13.1 Å². The van der Waals surface area contributed by atoms with E-state index in [2.05, 4.69) is 27.5 Å². The number of carbonyl (C=O) groups excluding carboxylic acids is 1. The van der Waals surface area contributed by atoms with Gasteiger partial charge in [0.05, 0.1) is 0 Å². The fourth-order valence-electron chi connectivity index (χ4n) is 1.74. The van der Waals surface area contributed by atoms with E-state index in [4.69, 9.17) is 0 Å². The molecule has 0 fully saturated rings. The van der Waals surface area contributed by atoms with Crippen LogP contribution in [0.2, 0.25) is 0 Å². The molecule has 122 valence electrons. The maximum absolute atomic E-state index is 11.9. The molecule has 1 rings (SSSR count). The van der Waals surface area contributed by atoms with E-state index in [0.717, 1.165) is 12.0 Å². The summed E-state index contributed by atoms with van der Waals surface area (Å²) in [6, 6.07) is 7.57. The van der Waals surface area contributed by atoms with Crippen LogP contribution in [0.4, 0.5) is 0 Å². The van der Waals surface area contributed by atoms with E-state index in [-0.39, 0.29) is 29.9 Å². The number of hydrogen-bond donors (Lipinski definition) is 3. The van der Waals surface area contributed by atoms with Gasteiger partial charge in [0.15, 0.2) is 5.96 Å². The van der Waals surface area contributed by atoms with E-state index < -0.39 is 0 Å². The van der Waals surface area contributed by atoms with E-state index in [1.165, 1.54) is 0 Å². The molecule has 0 aromatic heterocycles. The summed E-state index contributed by atoms with van der Waals surface area (Å²) in [5.41, 5.74) is 1.71. The highest BCUT2D eigenvalue weighted by molar-refractivity contribution is 14.0. The number of carbonyl (C=O) groups is 1. The second-order valence-electron chi connectivity index (χ2n) is 4.55. The molecule has 0 atom stereocenters. The lowest BCUT2D eigenvalue weighted by molar-refractivity contribution is 0.0953. The van der Waals surface area contributed by atoms with Crippen LogP contribution in [-0.2, 0) is 6.54 Å². The third-order valence-electron chi connectivity index (χ3n) is 2.82. The Labute approximate surface area is 149 Å². The molecule has 0 saturated carbocycles. The lowest BCUT2D eigenvalue weighted by Crippen LogP contribution is -2.36. The molecule has 0 unspecified atom stereocenters. The van der Waals surface area contributed by atoms with Crippen molar-refractivity contribution >= 4 is 35.8 Å². The smallest absolute Gasteiger partial charge is 0.251 e. The first-order valence-corrected chi connectivity index (χ1v) is 7.13. The minimum atomic E-state index is -0.0344. The van der Waals surface area contributed by atoms with Gasteiger partial charge in [-0.2, -0.15) is 0 Å². The number of halogens is 1. The van der Waals surface area contributed by atoms with Crippen molar-refractivity contribution in [3.8, 4) is 0 Å². The van der Waals surface area contributed by atoms with Crippen molar-refractivity contribution in [1.82, 2.24) is 16.0 Å². The maximum Gasteiger partial charge on any atom is 0.251 e. The summed E-state index contributed by atoms with van der Waals surface area (Å²) in [6.45, 7) is 7.63. The Hall–Kier alpha value is -1.57. The molecular formula is C16H25IN4O. The number of rotatable bonds is 7. The quantitative estimate of drug-likeness (QED) is 0.277. The van der Waals surface area contributed by atoms with Crippen LogP contribution < -0.4 is 16.0 Å². The van der Waals surface area contributed by atoms with Crippen molar-refractivity contribution in [3.05, 3.63) is 48.0 Å². The molecule has 0 radical (unpaired) electrons. The van der Waals surface area contributed by atoms with Crippen LogP contribution in [0.25, 0.3) is 0 Å². The highest BCUT2D eigenvalue weighted by Gasteiger charge is 2.05. The molecular weight excluding hydrogens is 391 g/mol. The zero-order valence-electron chi connectivity index (χ0n) is 13.2. The van der Waals surface area contributed by atoms with Gasteiger partial charge in [0.25, 0.3) is 5.91 Å². The third-order valence-corrected chi connectivity index (χ3v) is 2.82. The Bertz CT molecular complexity index is 503. The number of guanidine groups is 1. The van der Waals surface area contributed by atoms with Crippen LogP contribution in [-0.4, -0.2) is 32.0 Å². The van der Waals surface area contributed by atoms with Gasteiger partial charge in [-0.1, -0.05) is 25.1 Å². The molecule has 1 aromatic rings. The lowest BCUT2D eigenvalue weighted by atomic mass is 10.1. The minimum Gasteiger partial charge on any atom is -0.353 e. The number of nitrogens with one attached hydrogen (secondary N) is 3. The van der Waals surface area contributed by atoms with Gasteiger partial charge in [-0.15, -0.1) is 30.6 Å². The molecule has 6 heteroatoms. The first-order chi connectivity index (χ1) is 10.2. The summed E-state index contributed by atoms with van der Waals surface area (Å²) < 4.78 is 0. The van der Waals surface area contributed by atoms with E-state index in [0.29, 0.717) is 31.2 Å². The zero-order chi connectivity index (χ0) is 15.5. The molecule has 1 amide bonds. The normalized spacial score (nSPS) is 10.4. The molecule has 0 spiro atoms. The van der Waals surface area contributed by atoms with Crippen LogP contribution in [0, 0.1) is 0 Å². The lowest BCUT2D eigenvalue weighted by Gasteiger charge is -2.11. The average molecular weight is 416 g/mol. The number of aliphatic imine (C=N–C) groups is 1. The SMILES string of the molecule is C=CCNC(=NC)NCc1cccc(C(=O)NCCC)c1.I. The first kappa shape index (κ1) is 20.4. The molecule has 22 heavy (non-hydrogen) atoms. The Morgan fingerprint density at radius 2 is 2.09 bits per heavy atom. The minimum absolute atomic E-state index is 0. The van der Waals surface area contributed by atoms with Gasteiger partial charge >= 0.3 is 0 Å². The fourth-order valence-corrected chi connectivity index (χ4v) is 1.74. The standard InChI is InChI=1S/C16H24N4O.HI/c1-4-9-18-15(21)14-8-6-7-13(11-14)12-20-16(17-3)19-10-5-2;/h5-8,11H,2,4,9-10,12H2,1,3H3,(H,18,21)(H2,17,19,20);1H. The van der Waals surface area contributed by atoms with E-state index in [1.807, 2.05) is 31.2 Å². The van der Waals surface area contributed by atoms with Gasteiger partial charge in [-0.25, -0.2) is 0 Å². The summed E-state index contributed by atoms with van der Waals surface area (Å²) >= 11 is 0. The average Bonchev–Trinajstić information content (AvgIpc) is 2.53. The van der Waals surface area contributed by atoms with Gasteiger partial charge in [0.1, 0.15) is 0 Å². The maximum atomic E-state index is 11.9. The number of amides is 1. The highest BCUT2D eigenvalue weighted by Crippen LogP contribution is 2.05. The topological polar surface area (TPSA) is 65.5 Å². The highest BCUT2D eigenvalue weighted by atomic mass is 127. The zero-order valence-corrected chi connectivity index (χ0v) is 15.5. The number of benzene rings is 1. The largest absolute Gasteiger partial charge is 0.353 e. The predicted molar refractivity (Wildman–Crippen MR) is 103 cm³/mol. The molecule has 0 aliphatic carbocycles. The summed E-state index contributed by atoms with van der Waals surface area (Å²) in [4.78, 5) is 16.0. The summed E-state index contributed by atoms with van der Waals surface area (Å²) in [5, 5.41) is 9.16. The Morgan fingerprint density at radius 3 is 2.73 bits per heavy atom. The van der Waals surface area contributed by atoms with E-state index >= 15 is 0 Å². The molecule has 0 bridgehead atoms. The Balaban J connectivity index is 0.00000441. The number of nitrogens with zero attached hydrogens (tertiary/aromatic N) is 1. The third kappa shape index (κ3) is 7.44. The Morgan fingerprint density at radius 1 is 1.32 bits per heavy atom. The molecule has 1 aromatic carbocycles. The summed E-state index contributed by atoms with van der Waals surface area (Å²) in [7, 11) is 1.72. The molecule has 3 N–H and O–H groups in total. The molecule has 5 nitrogen and oxygen atoms in total. The van der Waals surface area contributed by atoms with Gasteiger partial charge in [0.2, 0.25) is 0 Å². The van der Waals surface area contributed by atoms with Crippen molar-refractivity contribution in [2.45, 2.75) is 19.9 Å². The summed E-state index contributed by atoms with van der Waals surface area (Å²) in [6.07, 6.45) is 2.70. The van der Waals surface area contributed by atoms with Crippen LogP contribution >= 0.6 is 24.0 Å². The Kier molecular flexibility index (Phi) is 11.2. The van der Waals surface area contributed by atoms with Crippen LogP contribution in [0.5, 0.6) is 0 Å². The van der Waals surface area contributed by atoms with E-state index in [9.17, 15) is 4.79 Å². The second-order valence-corrected chi connectivity index (χ2v) is 4.55. The van der Waals surface area contributed by atoms with Crippen molar-refractivity contribution in [2.75, 3.05) is 20.1 Å². The van der Waals surface area contributed by atoms with Gasteiger partial charge in [-0.05, 0) is 24.1 Å². The van der Waals surface area contributed by atoms with Gasteiger partial charge < -0.3 is 16.0 Å². The molecule has 0 heterocycles. The monoisotopic (exact) mass is 416 g/mol. The fraction of sp³-hybridized carbons (Fsp3) is 0.375. The van der Waals surface area contributed by atoms with Crippen molar-refractivity contribution in [1.29, 1.82) is 0 Å². The van der Waals surface area contributed by atoms with Crippen molar-refractivity contribution < 1.29 is 4.79 Å². The molecule has 0 saturated heterocycles. The first-order valence-electron chi connectivity index (χ1n) is 7.13. The van der Waals surface area contributed by atoms with Crippen molar-refractivity contribution in [3.63, 3.8) is 0 Å². The molecule has 0 aliphatic rings. The number of hydrogen-bond acceptors (Lipinski definition) is 2. The predicted octanol–water partition coefficient (Wildman–Crippen LogP) is 2.30. The van der Waals surface area contributed by atoms with Gasteiger partial charge in [-0.3, -0.25) is 9.79 Å².